The number of H-pyrrole nitrogens is 1. The first-order chi connectivity index (χ1) is 8.99. The van der Waals surface area contributed by atoms with Crippen molar-refractivity contribution in [3.8, 4) is 0 Å². The Bertz CT molecular complexity index is 539. The predicted molar refractivity (Wildman–Crippen MR) is 66.8 cm³/mol. The molecular weight excluding hydrogens is 255 g/mol. The first-order valence-electron chi connectivity index (χ1n) is 5.85. The summed E-state index contributed by atoms with van der Waals surface area (Å²) >= 11 is 0. The first kappa shape index (κ1) is 14.9. The van der Waals surface area contributed by atoms with E-state index in [1.165, 1.54) is 0 Å². The zero-order valence-electron chi connectivity index (χ0n) is 10.7. The SMILES string of the molecule is CCNc1[nH]c(=O)c(F)cc1C(=O)CC(=O)OCC. The molecule has 19 heavy (non-hydrogen) atoms. The summed E-state index contributed by atoms with van der Waals surface area (Å²) in [5.74, 6) is -2.29. The van der Waals surface area contributed by atoms with Gasteiger partial charge in [0.1, 0.15) is 12.2 Å². The lowest BCUT2D eigenvalue weighted by atomic mass is 10.1. The number of esters is 1. The highest BCUT2D eigenvalue weighted by Gasteiger charge is 2.18. The summed E-state index contributed by atoms with van der Waals surface area (Å²) in [6, 6.07) is 0.818. The van der Waals surface area contributed by atoms with Crippen LogP contribution in [0, 0.1) is 5.82 Å². The van der Waals surface area contributed by atoms with Crippen LogP contribution in [0.1, 0.15) is 30.6 Å². The fourth-order valence-corrected chi connectivity index (χ4v) is 1.48. The number of aromatic amines is 1. The molecule has 1 aromatic heterocycles. The van der Waals surface area contributed by atoms with Crippen molar-refractivity contribution in [2.24, 2.45) is 0 Å². The second-order valence-electron chi connectivity index (χ2n) is 3.67. The van der Waals surface area contributed by atoms with E-state index >= 15 is 0 Å². The number of Topliss-reactive ketones (excluding diaryl/α,β-unsaturated/α-hetero) is 1. The van der Waals surface area contributed by atoms with Crippen LogP contribution in [-0.4, -0.2) is 29.9 Å². The number of carbonyl (C=O) groups is 2. The first-order valence-corrected chi connectivity index (χ1v) is 5.85. The van der Waals surface area contributed by atoms with Gasteiger partial charge in [-0.15, -0.1) is 0 Å². The lowest BCUT2D eigenvalue weighted by Crippen LogP contribution is -2.20. The fraction of sp³-hybridized carbons (Fsp3) is 0.417. The molecule has 0 aromatic carbocycles. The minimum Gasteiger partial charge on any atom is -0.466 e. The van der Waals surface area contributed by atoms with Crippen molar-refractivity contribution in [1.29, 1.82) is 0 Å². The van der Waals surface area contributed by atoms with Crippen molar-refractivity contribution in [2.45, 2.75) is 20.3 Å². The number of ether oxygens (including phenoxy) is 1. The van der Waals surface area contributed by atoms with Gasteiger partial charge in [0.05, 0.1) is 12.2 Å². The van der Waals surface area contributed by atoms with E-state index in [0.717, 1.165) is 6.07 Å². The standard InChI is InChI=1S/C12H15FN2O4/c1-3-14-11-7(5-8(13)12(18)15-11)9(16)6-10(17)19-4-2/h5H,3-4,6H2,1-2H3,(H2,14,15,18). The number of carbonyl (C=O) groups excluding carboxylic acids is 2. The van der Waals surface area contributed by atoms with Gasteiger partial charge < -0.3 is 15.0 Å². The molecule has 0 aliphatic carbocycles. The minimum absolute atomic E-state index is 0.0768. The Hall–Kier alpha value is -2.18. The molecule has 0 saturated carbocycles. The molecule has 0 atom stereocenters. The molecule has 0 saturated heterocycles. The van der Waals surface area contributed by atoms with Gasteiger partial charge in [0, 0.05) is 6.54 Å². The third-order valence-corrected chi connectivity index (χ3v) is 2.26. The maximum absolute atomic E-state index is 13.2. The molecule has 0 fully saturated rings. The number of aromatic nitrogens is 1. The van der Waals surface area contributed by atoms with Gasteiger partial charge in [-0.05, 0) is 19.9 Å². The van der Waals surface area contributed by atoms with E-state index in [1.54, 1.807) is 13.8 Å². The van der Waals surface area contributed by atoms with Gasteiger partial charge in [-0.1, -0.05) is 0 Å². The molecular formula is C12H15FN2O4. The van der Waals surface area contributed by atoms with Crippen LogP contribution in [0.2, 0.25) is 0 Å². The highest BCUT2D eigenvalue weighted by molar-refractivity contribution is 6.08. The molecule has 1 rings (SSSR count). The van der Waals surface area contributed by atoms with Gasteiger partial charge in [0.25, 0.3) is 5.56 Å². The van der Waals surface area contributed by atoms with Gasteiger partial charge in [-0.2, -0.15) is 0 Å². The molecule has 7 heteroatoms. The van der Waals surface area contributed by atoms with E-state index < -0.39 is 29.5 Å². The van der Waals surface area contributed by atoms with Gasteiger partial charge >= 0.3 is 5.97 Å². The number of hydrogen-bond acceptors (Lipinski definition) is 5. The summed E-state index contributed by atoms with van der Waals surface area (Å²) in [6.45, 7) is 3.96. The molecule has 1 heterocycles. The van der Waals surface area contributed by atoms with E-state index in [2.05, 4.69) is 15.0 Å². The van der Waals surface area contributed by atoms with Gasteiger partial charge in [0.15, 0.2) is 11.6 Å². The van der Waals surface area contributed by atoms with Crippen LogP contribution < -0.4 is 10.9 Å². The van der Waals surface area contributed by atoms with Crippen molar-refractivity contribution in [3.05, 3.63) is 27.8 Å². The van der Waals surface area contributed by atoms with E-state index in [0.29, 0.717) is 6.54 Å². The molecule has 0 radical (unpaired) electrons. The fourth-order valence-electron chi connectivity index (χ4n) is 1.48. The summed E-state index contributed by atoms with van der Waals surface area (Å²) in [6.07, 6.45) is -0.502. The number of rotatable bonds is 6. The predicted octanol–water partition coefficient (Wildman–Crippen LogP) is 1.08. The number of pyridine rings is 1. The van der Waals surface area contributed by atoms with Crippen LogP contribution in [0.4, 0.5) is 10.2 Å². The molecule has 0 amide bonds. The van der Waals surface area contributed by atoms with Crippen LogP contribution in [0.5, 0.6) is 0 Å². The van der Waals surface area contributed by atoms with Gasteiger partial charge in [0.2, 0.25) is 0 Å². The Kier molecular flexibility index (Phi) is 5.23. The number of anilines is 1. The maximum Gasteiger partial charge on any atom is 0.313 e. The van der Waals surface area contributed by atoms with Crippen molar-refractivity contribution < 1.29 is 18.7 Å². The van der Waals surface area contributed by atoms with E-state index in [-0.39, 0.29) is 18.0 Å². The minimum atomic E-state index is -1.08. The maximum atomic E-state index is 13.2. The summed E-state index contributed by atoms with van der Waals surface area (Å²) in [5, 5.41) is 2.74. The van der Waals surface area contributed by atoms with Crippen LogP contribution in [0.15, 0.2) is 10.9 Å². The average molecular weight is 270 g/mol. The second-order valence-corrected chi connectivity index (χ2v) is 3.67. The summed E-state index contributed by atoms with van der Waals surface area (Å²) in [4.78, 5) is 36.4. The van der Waals surface area contributed by atoms with Gasteiger partial charge in [-0.3, -0.25) is 14.4 Å². The Morgan fingerprint density at radius 3 is 2.68 bits per heavy atom. The molecule has 0 bridgehead atoms. The molecule has 0 unspecified atom stereocenters. The van der Waals surface area contributed by atoms with Crippen LogP contribution in [0.3, 0.4) is 0 Å². The molecule has 6 nitrogen and oxygen atoms in total. The number of ketones is 1. The van der Waals surface area contributed by atoms with Crippen LogP contribution in [-0.2, 0) is 9.53 Å². The summed E-state index contributed by atoms with van der Waals surface area (Å²) in [7, 11) is 0. The zero-order chi connectivity index (χ0) is 14.4. The summed E-state index contributed by atoms with van der Waals surface area (Å²) in [5.41, 5.74) is -1.00. The molecule has 1 aromatic rings. The summed E-state index contributed by atoms with van der Waals surface area (Å²) < 4.78 is 17.8. The largest absolute Gasteiger partial charge is 0.466 e. The normalized spacial score (nSPS) is 10.1. The molecule has 2 N–H and O–H groups in total. The Balaban J connectivity index is 3.03. The lowest BCUT2D eigenvalue weighted by molar-refractivity contribution is -0.141. The monoisotopic (exact) mass is 270 g/mol. The van der Waals surface area contributed by atoms with Gasteiger partial charge in [-0.25, -0.2) is 4.39 Å². The zero-order valence-corrected chi connectivity index (χ0v) is 10.7. The van der Waals surface area contributed by atoms with Crippen molar-refractivity contribution in [2.75, 3.05) is 18.5 Å². The lowest BCUT2D eigenvalue weighted by Gasteiger charge is -2.09. The Labute approximate surface area is 109 Å². The number of halogens is 1. The average Bonchev–Trinajstić information content (AvgIpc) is 2.34. The molecule has 0 spiro atoms. The smallest absolute Gasteiger partial charge is 0.313 e. The highest BCUT2D eigenvalue weighted by Crippen LogP contribution is 2.14. The van der Waals surface area contributed by atoms with Crippen LogP contribution in [0.25, 0.3) is 0 Å². The Morgan fingerprint density at radius 2 is 2.11 bits per heavy atom. The highest BCUT2D eigenvalue weighted by atomic mass is 19.1. The molecule has 0 aliphatic heterocycles. The van der Waals surface area contributed by atoms with E-state index in [1.807, 2.05) is 0 Å². The topological polar surface area (TPSA) is 88.3 Å². The number of hydrogen-bond donors (Lipinski definition) is 2. The quantitative estimate of drug-likeness (QED) is 0.459. The number of nitrogens with one attached hydrogen (secondary N) is 2. The van der Waals surface area contributed by atoms with Crippen LogP contribution >= 0.6 is 0 Å². The second kappa shape index (κ2) is 6.67. The van der Waals surface area contributed by atoms with E-state index in [9.17, 15) is 18.8 Å². The third kappa shape index (κ3) is 3.90. The molecule has 104 valence electrons. The van der Waals surface area contributed by atoms with E-state index in [4.69, 9.17) is 0 Å². The third-order valence-electron chi connectivity index (χ3n) is 2.26. The van der Waals surface area contributed by atoms with Crippen molar-refractivity contribution in [3.63, 3.8) is 0 Å². The van der Waals surface area contributed by atoms with Crippen molar-refractivity contribution in [1.82, 2.24) is 4.98 Å². The molecule has 0 aliphatic rings. The van der Waals surface area contributed by atoms with Crippen molar-refractivity contribution >= 4 is 17.6 Å². The Morgan fingerprint density at radius 1 is 1.42 bits per heavy atom.